The van der Waals surface area contributed by atoms with Gasteiger partial charge in [-0.3, -0.25) is 0 Å². The van der Waals surface area contributed by atoms with Crippen molar-refractivity contribution >= 4 is 12.1 Å². The van der Waals surface area contributed by atoms with Gasteiger partial charge in [0.1, 0.15) is 0 Å². The summed E-state index contributed by atoms with van der Waals surface area (Å²) >= 11 is 0. The molecule has 0 aromatic rings. The van der Waals surface area contributed by atoms with Gasteiger partial charge in [0.05, 0.1) is 13.2 Å². The van der Waals surface area contributed by atoms with Gasteiger partial charge in [0.25, 0.3) is 0 Å². The second-order valence-corrected chi connectivity index (χ2v) is 3.46. The number of carbonyl (C=O) groups is 2. The van der Waals surface area contributed by atoms with E-state index in [-0.39, 0.29) is 19.1 Å². The molecule has 0 saturated heterocycles. The lowest BCUT2D eigenvalue weighted by molar-refractivity contribution is -0.136. The molecule has 0 N–H and O–H groups in total. The molecule has 5 heteroatoms. The Morgan fingerprint density at radius 2 is 1.71 bits per heavy atom. The molecule has 0 bridgehead atoms. The Kier molecular flexibility index (Phi) is 7.61. The molecule has 17 heavy (non-hydrogen) atoms. The molecule has 5 nitrogen and oxygen atoms in total. The summed E-state index contributed by atoms with van der Waals surface area (Å²) in [5.74, 6) is 4.14. The number of hydrogen-bond acceptors (Lipinski definition) is 5. The van der Waals surface area contributed by atoms with E-state index in [2.05, 4.69) is 21.3 Å². The van der Waals surface area contributed by atoms with E-state index in [1.54, 1.807) is 13.8 Å². The van der Waals surface area contributed by atoms with Crippen LogP contribution in [0.15, 0.2) is 0 Å². The molecule has 0 fully saturated rings. The lowest BCUT2D eigenvalue weighted by Crippen LogP contribution is -2.23. The van der Waals surface area contributed by atoms with Gasteiger partial charge in [-0.05, 0) is 19.8 Å². The van der Waals surface area contributed by atoms with Gasteiger partial charge in [-0.15, -0.1) is 0 Å². The Hall–Kier alpha value is -1.70. The van der Waals surface area contributed by atoms with Gasteiger partial charge in [0.15, 0.2) is 6.10 Å². The zero-order chi connectivity index (χ0) is 13.3. The zero-order valence-electron chi connectivity index (χ0n) is 10.6. The summed E-state index contributed by atoms with van der Waals surface area (Å²) in [6.07, 6.45) is -1.47. The highest BCUT2D eigenvalue weighted by molar-refractivity contribution is 5.88. The highest BCUT2D eigenvalue weighted by Gasteiger charge is 2.16. The maximum absolute atomic E-state index is 11.1. The predicted octanol–water partition coefficient (Wildman–Crippen LogP) is 1.75. The summed E-state index contributed by atoms with van der Waals surface area (Å²) in [6.45, 7) is 7.51. The van der Waals surface area contributed by atoms with Crippen LogP contribution < -0.4 is 0 Å². The monoisotopic (exact) mass is 242 g/mol. The van der Waals surface area contributed by atoms with E-state index in [1.165, 1.54) is 0 Å². The Morgan fingerprint density at radius 1 is 1.12 bits per heavy atom. The minimum Gasteiger partial charge on any atom is -0.456 e. The standard InChI is InChI=1S/C12H18O5/c1-5-15-11(13)8-7-10(9(3)4)17-12(14)16-6-2/h9-10H,5-6H2,1-4H3. The predicted molar refractivity (Wildman–Crippen MR) is 61.1 cm³/mol. The molecule has 0 spiro atoms. The van der Waals surface area contributed by atoms with E-state index < -0.39 is 18.2 Å². The number of esters is 1. The molecule has 0 heterocycles. The second kappa shape index (κ2) is 8.45. The average molecular weight is 242 g/mol. The Bertz CT molecular complexity index is 311. The molecule has 0 aromatic carbocycles. The van der Waals surface area contributed by atoms with E-state index in [9.17, 15) is 9.59 Å². The van der Waals surface area contributed by atoms with Crippen LogP contribution in [0.5, 0.6) is 0 Å². The third-order valence-corrected chi connectivity index (χ3v) is 1.68. The molecule has 1 atom stereocenters. The topological polar surface area (TPSA) is 61.8 Å². The Balaban J connectivity index is 4.43. The smallest absolute Gasteiger partial charge is 0.456 e. The third kappa shape index (κ3) is 7.23. The highest BCUT2D eigenvalue weighted by atomic mass is 16.7. The van der Waals surface area contributed by atoms with Gasteiger partial charge >= 0.3 is 12.1 Å². The van der Waals surface area contributed by atoms with Crippen molar-refractivity contribution in [3.8, 4) is 11.8 Å². The van der Waals surface area contributed by atoms with Gasteiger partial charge in [-0.2, -0.15) is 0 Å². The van der Waals surface area contributed by atoms with Gasteiger partial charge in [-0.1, -0.05) is 13.8 Å². The lowest BCUT2D eigenvalue weighted by atomic mass is 10.1. The minimum absolute atomic E-state index is 0.0404. The van der Waals surface area contributed by atoms with Crippen LogP contribution in [0.25, 0.3) is 0 Å². The average Bonchev–Trinajstić information content (AvgIpc) is 2.24. The van der Waals surface area contributed by atoms with Crippen molar-refractivity contribution in [1.82, 2.24) is 0 Å². The van der Waals surface area contributed by atoms with Crippen LogP contribution in [-0.4, -0.2) is 31.4 Å². The van der Waals surface area contributed by atoms with E-state index in [0.29, 0.717) is 0 Å². The summed E-state index contributed by atoms with van der Waals surface area (Å²) in [5, 5.41) is 0. The first-order valence-electron chi connectivity index (χ1n) is 5.52. The summed E-state index contributed by atoms with van der Waals surface area (Å²) < 4.78 is 14.2. The van der Waals surface area contributed by atoms with Gasteiger partial charge in [0, 0.05) is 11.8 Å². The Morgan fingerprint density at radius 3 is 2.18 bits per heavy atom. The summed E-state index contributed by atoms with van der Waals surface area (Å²) in [5.41, 5.74) is 0. The molecule has 0 aliphatic heterocycles. The van der Waals surface area contributed by atoms with Gasteiger partial charge in [-0.25, -0.2) is 9.59 Å². The van der Waals surface area contributed by atoms with E-state index in [0.717, 1.165) is 0 Å². The van der Waals surface area contributed by atoms with E-state index in [1.807, 2.05) is 13.8 Å². The fourth-order valence-electron chi connectivity index (χ4n) is 0.885. The number of rotatable bonds is 4. The van der Waals surface area contributed by atoms with Gasteiger partial charge < -0.3 is 14.2 Å². The number of hydrogen-bond donors (Lipinski definition) is 0. The van der Waals surface area contributed by atoms with E-state index >= 15 is 0 Å². The SMILES string of the molecule is CCOC(=O)C#CC(OC(=O)OCC)C(C)C. The van der Waals surface area contributed by atoms with Crippen molar-refractivity contribution in [2.75, 3.05) is 13.2 Å². The van der Waals surface area contributed by atoms with Crippen LogP contribution in [0.2, 0.25) is 0 Å². The van der Waals surface area contributed by atoms with Crippen molar-refractivity contribution in [3.05, 3.63) is 0 Å². The van der Waals surface area contributed by atoms with Gasteiger partial charge in [0.2, 0.25) is 0 Å². The fraction of sp³-hybridized carbons (Fsp3) is 0.667. The number of carbonyl (C=O) groups excluding carboxylic acids is 2. The third-order valence-electron chi connectivity index (χ3n) is 1.68. The molecule has 96 valence electrons. The second-order valence-electron chi connectivity index (χ2n) is 3.46. The first-order chi connectivity index (χ1) is 8.01. The summed E-state index contributed by atoms with van der Waals surface area (Å²) in [6, 6.07) is 0. The van der Waals surface area contributed by atoms with Crippen molar-refractivity contribution < 1.29 is 23.8 Å². The molecule has 0 saturated carbocycles. The molecular weight excluding hydrogens is 224 g/mol. The lowest BCUT2D eigenvalue weighted by Gasteiger charge is -2.14. The maximum atomic E-state index is 11.1. The fourth-order valence-corrected chi connectivity index (χ4v) is 0.885. The van der Waals surface area contributed by atoms with E-state index in [4.69, 9.17) is 4.74 Å². The van der Waals surface area contributed by atoms with Crippen LogP contribution in [0, 0.1) is 17.8 Å². The van der Waals surface area contributed by atoms with Crippen LogP contribution in [0.3, 0.4) is 0 Å². The molecule has 0 rings (SSSR count). The van der Waals surface area contributed by atoms with Crippen molar-refractivity contribution in [1.29, 1.82) is 0 Å². The molecule has 0 aliphatic rings. The molecule has 0 aliphatic carbocycles. The molecule has 0 radical (unpaired) electrons. The van der Waals surface area contributed by atoms with Crippen LogP contribution in [0.1, 0.15) is 27.7 Å². The summed E-state index contributed by atoms with van der Waals surface area (Å²) in [7, 11) is 0. The first kappa shape index (κ1) is 15.3. The largest absolute Gasteiger partial charge is 0.509 e. The van der Waals surface area contributed by atoms with Crippen molar-refractivity contribution in [3.63, 3.8) is 0 Å². The van der Waals surface area contributed by atoms with Crippen molar-refractivity contribution in [2.45, 2.75) is 33.8 Å². The summed E-state index contributed by atoms with van der Waals surface area (Å²) in [4.78, 5) is 22.1. The molecule has 1 unspecified atom stereocenters. The van der Waals surface area contributed by atoms with Crippen LogP contribution in [0.4, 0.5) is 4.79 Å². The molecule has 0 amide bonds. The highest BCUT2D eigenvalue weighted by Crippen LogP contribution is 2.06. The first-order valence-corrected chi connectivity index (χ1v) is 5.52. The molecular formula is C12H18O5. The molecule has 0 aromatic heterocycles. The van der Waals surface area contributed by atoms with Crippen molar-refractivity contribution in [2.24, 2.45) is 5.92 Å². The maximum Gasteiger partial charge on any atom is 0.509 e. The number of ether oxygens (including phenoxy) is 3. The van der Waals surface area contributed by atoms with Crippen LogP contribution in [-0.2, 0) is 19.0 Å². The zero-order valence-corrected chi connectivity index (χ0v) is 10.6. The Labute approximate surface area is 101 Å². The van der Waals surface area contributed by atoms with Crippen LogP contribution >= 0.6 is 0 Å². The minimum atomic E-state index is -0.788. The normalized spacial score (nSPS) is 11.1. The quantitative estimate of drug-likeness (QED) is 0.427.